The fraction of sp³-hybridized carbons (Fsp3) is 0.435. The molecule has 8 heteroatoms. The molecule has 0 bridgehead atoms. The standard InChI is InChI=1S/C23H28N2O5S/c1-5-31(27,28)25-14-21(29-20-9-7-6-8-18(20)25)22(26)24-17-13-23(3,4)30-19-11-10-15(2)12-16(17)19/h6-12,17,21H,5,13-14H2,1-4H3,(H,24,26)/t17-,21-/m0/s1. The molecule has 1 amide bonds. The molecule has 0 saturated heterocycles. The molecule has 31 heavy (non-hydrogen) atoms. The molecule has 2 aliphatic heterocycles. The van der Waals surface area contributed by atoms with E-state index in [0.29, 0.717) is 17.9 Å². The fourth-order valence-electron chi connectivity index (χ4n) is 4.13. The Bertz CT molecular complexity index is 1110. The summed E-state index contributed by atoms with van der Waals surface area (Å²) in [5.74, 6) is 0.726. The van der Waals surface area contributed by atoms with Gasteiger partial charge < -0.3 is 14.8 Å². The number of hydrogen-bond donors (Lipinski definition) is 1. The van der Waals surface area contributed by atoms with Crippen molar-refractivity contribution >= 4 is 21.6 Å². The Hall–Kier alpha value is -2.74. The number of aryl methyl sites for hydroxylation is 1. The number of amides is 1. The maximum atomic E-state index is 13.2. The normalized spacial score (nSPS) is 21.9. The molecular formula is C23H28N2O5S. The quantitative estimate of drug-likeness (QED) is 0.782. The van der Waals surface area contributed by atoms with Gasteiger partial charge in [-0.2, -0.15) is 0 Å². The van der Waals surface area contributed by atoms with Gasteiger partial charge in [0.1, 0.15) is 17.1 Å². The molecule has 2 aromatic rings. The van der Waals surface area contributed by atoms with E-state index in [1.54, 1.807) is 31.2 Å². The molecule has 166 valence electrons. The van der Waals surface area contributed by atoms with Crippen LogP contribution in [0.4, 0.5) is 5.69 Å². The summed E-state index contributed by atoms with van der Waals surface area (Å²) in [6.45, 7) is 7.49. The minimum Gasteiger partial charge on any atom is -0.487 e. The van der Waals surface area contributed by atoms with Crippen molar-refractivity contribution in [3.8, 4) is 11.5 Å². The van der Waals surface area contributed by atoms with Crippen LogP contribution < -0.4 is 19.1 Å². The molecule has 0 aromatic heterocycles. The lowest BCUT2D eigenvalue weighted by Gasteiger charge is -2.39. The van der Waals surface area contributed by atoms with E-state index in [4.69, 9.17) is 9.47 Å². The van der Waals surface area contributed by atoms with Gasteiger partial charge in [-0.3, -0.25) is 9.10 Å². The Morgan fingerprint density at radius 3 is 2.68 bits per heavy atom. The zero-order valence-electron chi connectivity index (χ0n) is 18.2. The van der Waals surface area contributed by atoms with Crippen molar-refractivity contribution in [2.45, 2.75) is 51.9 Å². The van der Waals surface area contributed by atoms with Crippen molar-refractivity contribution in [1.82, 2.24) is 5.32 Å². The van der Waals surface area contributed by atoms with E-state index in [0.717, 1.165) is 16.9 Å². The number of rotatable bonds is 4. The third kappa shape index (κ3) is 4.21. The summed E-state index contributed by atoms with van der Waals surface area (Å²) in [4.78, 5) is 13.2. The fourth-order valence-corrected chi connectivity index (χ4v) is 5.25. The second-order valence-corrected chi connectivity index (χ2v) is 10.9. The summed E-state index contributed by atoms with van der Waals surface area (Å²) in [5.41, 5.74) is 2.01. The lowest BCUT2D eigenvalue weighted by molar-refractivity contribution is -0.129. The van der Waals surface area contributed by atoms with E-state index in [9.17, 15) is 13.2 Å². The van der Waals surface area contributed by atoms with Gasteiger partial charge in [-0.15, -0.1) is 0 Å². The van der Waals surface area contributed by atoms with Gasteiger partial charge in [-0.25, -0.2) is 8.42 Å². The van der Waals surface area contributed by atoms with Gasteiger partial charge in [0.25, 0.3) is 5.91 Å². The lowest BCUT2D eigenvalue weighted by atomic mass is 9.89. The Kier molecular flexibility index (Phi) is 5.37. The Balaban J connectivity index is 1.62. The lowest BCUT2D eigenvalue weighted by Crippen LogP contribution is -2.52. The Morgan fingerprint density at radius 1 is 1.19 bits per heavy atom. The summed E-state index contributed by atoms with van der Waals surface area (Å²) in [5, 5.41) is 3.08. The van der Waals surface area contributed by atoms with E-state index >= 15 is 0 Å². The van der Waals surface area contributed by atoms with Crippen LogP contribution in [0.1, 0.15) is 44.4 Å². The first-order valence-corrected chi connectivity index (χ1v) is 12.1. The summed E-state index contributed by atoms with van der Waals surface area (Å²) >= 11 is 0. The predicted octanol–water partition coefficient (Wildman–Crippen LogP) is 3.33. The van der Waals surface area contributed by atoms with Crippen LogP contribution >= 0.6 is 0 Å². The summed E-state index contributed by atoms with van der Waals surface area (Å²) in [6.07, 6.45) is -0.356. The van der Waals surface area contributed by atoms with Gasteiger partial charge in [0, 0.05) is 12.0 Å². The first-order chi connectivity index (χ1) is 14.6. The van der Waals surface area contributed by atoms with Crippen LogP contribution in [0.15, 0.2) is 42.5 Å². The number of nitrogens with one attached hydrogen (secondary N) is 1. The molecule has 0 radical (unpaired) electrons. The monoisotopic (exact) mass is 444 g/mol. The third-order valence-corrected chi connectivity index (χ3v) is 7.41. The molecule has 0 saturated carbocycles. The minimum atomic E-state index is -3.55. The number of sulfonamides is 1. The van der Waals surface area contributed by atoms with Crippen molar-refractivity contribution in [3.63, 3.8) is 0 Å². The van der Waals surface area contributed by atoms with E-state index in [1.807, 2.05) is 39.0 Å². The van der Waals surface area contributed by atoms with Gasteiger partial charge in [-0.05, 0) is 45.9 Å². The van der Waals surface area contributed by atoms with Crippen LogP contribution in [0.2, 0.25) is 0 Å². The van der Waals surface area contributed by atoms with Crippen LogP contribution in [0, 0.1) is 6.92 Å². The molecule has 0 unspecified atom stereocenters. The molecule has 2 atom stereocenters. The van der Waals surface area contributed by atoms with E-state index in [1.165, 1.54) is 4.31 Å². The third-order valence-electron chi connectivity index (χ3n) is 5.67. The van der Waals surface area contributed by atoms with Crippen LogP contribution in [0.3, 0.4) is 0 Å². The molecule has 0 aliphatic carbocycles. The highest BCUT2D eigenvalue weighted by Gasteiger charge is 2.39. The number of hydrogen-bond acceptors (Lipinski definition) is 5. The second kappa shape index (κ2) is 7.75. The van der Waals surface area contributed by atoms with Crippen LogP contribution in [0.5, 0.6) is 11.5 Å². The van der Waals surface area contributed by atoms with Gasteiger partial charge in [0.15, 0.2) is 6.10 Å². The summed E-state index contributed by atoms with van der Waals surface area (Å²) < 4.78 is 38.7. The molecule has 2 aromatic carbocycles. The smallest absolute Gasteiger partial charge is 0.263 e. The van der Waals surface area contributed by atoms with Crippen molar-refractivity contribution in [1.29, 1.82) is 0 Å². The van der Waals surface area contributed by atoms with Crippen molar-refractivity contribution in [3.05, 3.63) is 53.6 Å². The van der Waals surface area contributed by atoms with Crippen LogP contribution in [-0.4, -0.2) is 38.3 Å². The molecule has 4 rings (SSSR count). The molecule has 7 nitrogen and oxygen atoms in total. The average molecular weight is 445 g/mol. The number of ether oxygens (including phenoxy) is 2. The highest BCUT2D eigenvalue weighted by Crippen LogP contribution is 2.40. The molecule has 2 aliphatic rings. The summed E-state index contributed by atoms with van der Waals surface area (Å²) in [6, 6.07) is 12.5. The topological polar surface area (TPSA) is 84.9 Å². The highest BCUT2D eigenvalue weighted by molar-refractivity contribution is 7.92. The molecule has 1 N–H and O–H groups in total. The number of fused-ring (bicyclic) bond motifs is 2. The zero-order chi connectivity index (χ0) is 22.4. The molecular weight excluding hydrogens is 416 g/mol. The predicted molar refractivity (Wildman–Crippen MR) is 119 cm³/mol. The van der Waals surface area contributed by atoms with Crippen molar-refractivity contribution in [2.75, 3.05) is 16.6 Å². The Morgan fingerprint density at radius 2 is 1.94 bits per heavy atom. The maximum absolute atomic E-state index is 13.2. The molecule has 0 fully saturated rings. The number of benzene rings is 2. The second-order valence-electron chi connectivity index (χ2n) is 8.67. The SMILES string of the molecule is CCS(=O)(=O)N1C[C@@H](C(=O)N[C@H]2CC(C)(C)Oc3ccc(C)cc32)Oc2ccccc21. The minimum absolute atomic E-state index is 0.0590. The first kappa shape index (κ1) is 21.5. The number of carbonyl (C=O) groups is 1. The van der Waals surface area contributed by atoms with E-state index < -0.39 is 21.7 Å². The van der Waals surface area contributed by atoms with Crippen molar-refractivity contribution < 1.29 is 22.7 Å². The van der Waals surface area contributed by atoms with Crippen LogP contribution in [-0.2, 0) is 14.8 Å². The zero-order valence-corrected chi connectivity index (χ0v) is 19.0. The number of anilines is 1. The summed E-state index contributed by atoms with van der Waals surface area (Å²) in [7, 11) is -3.55. The number of para-hydroxylation sites is 2. The van der Waals surface area contributed by atoms with Gasteiger partial charge >= 0.3 is 0 Å². The average Bonchev–Trinajstić information content (AvgIpc) is 2.72. The van der Waals surface area contributed by atoms with Crippen molar-refractivity contribution in [2.24, 2.45) is 0 Å². The van der Waals surface area contributed by atoms with E-state index in [-0.39, 0.29) is 24.2 Å². The largest absolute Gasteiger partial charge is 0.487 e. The molecule has 2 heterocycles. The van der Waals surface area contributed by atoms with Crippen LogP contribution in [0.25, 0.3) is 0 Å². The number of carbonyl (C=O) groups excluding carboxylic acids is 1. The maximum Gasteiger partial charge on any atom is 0.263 e. The highest BCUT2D eigenvalue weighted by atomic mass is 32.2. The van der Waals surface area contributed by atoms with E-state index in [2.05, 4.69) is 5.32 Å². The molecule has 0 spiro atoms. The Labute approximate surface area is 183 Å². The van der Waals surface area contributed by atoms with Gasteiger partial charge in [0.2, 0.25) is 10.0 Å². The first-order valence-electron chi connectivity index (χ1n) is 10.5. The van der Waals surface area contributed by atoms with Gasteiger partial charge in [0.05, 0.1) is 24.0 Å². The number of nitrogens with zero attached hydrogens (tertiary/aromatic N) is 1. The van der Waals surface area contributed by atoms with Gasteiger partial charge in [-0.1, -0.05) is 29.8 Å².